The molecule has 22 heavy (non-hydrogen) atoms. The van der Waals surface area contributed by atoms with Crippen molar-refractivity contribution in [1.82, 2.24) is 4.98 Å². The summed E-state index contributed by atoms with van der Waals surface area (Å²) in [5.41, 5.74) is 3.40. The molecule has 0 amide bonds. The Morgan fingerprint density at radius 1 is 0.955 bits per heavy atom. The van der Waals surface area contributed by atoms with Gasteiger partial charge in [0.15, 0.2) is 0 Å². The molecule has 3 rings (SSSR count). The summed E-state index contributed by atoms with van der Waals surface area (Å²) in [5, 5.41) is 8.99. The predicted octanol–water partition coefficient (Wildman–Crippen LogP) is 4.20. The fourth-order valence-electron chi connectivity index (χ4n) is 2.23. The molecule has 0 bridgehead atoms. The number of hydrogen-bond donors (Lipinski definition) is 0. The number of benzene rings is 2. The topological polar surface area (TPSA) is 45.9 Å². The van der Waals surface area contributed by atoms with Gasteiger partial charge in [-0.15, -0.1) is 0 Å². The molecule has 1 heterocycles. The molecular formula is C19H14N2O. The molecule has 0 radical (unpaired) electrons. The van der Waals surface area contributed by atoms with Crippen LogP contribution in [0.2, 0.25) is 0 Å². The third-order valence-corrected chi connectivity index (χ3v) is 3.31. The summed E-state index contributed by atoms with van der Waals surface area (Å²) in [7, 11) is 0. The van der Waals surface area contributed by atoms with E-state index in [-0.39, 0.29) is 0 Å². The lowest BCUT2D eigenvalue weighted by molar-refractivity contribution is 0.307. The van der Waals surface area contributed by atoms with Crippen molar-refractivity contribution in [3.05, 3.63) is 84.2 Å². The number of nitriles is 1. The molecule has 0 N–H and O–H groups in total. The molecule has 106 valence electrons. The minimum Gasteiger partial charge on any atom is -0.488 e. The summed E-state index contributed by atoms with van der Waals surface area (Å²) >= 11 is 0. The van der Waals surface area contributed by atoms with Crippen LogP contribution in [0.1, 0.15) is 11.3 Å². The second kappa shape index (κ2) is 6.55. The maximum Gasteiger partial charge on any atom is 0.141 e. The Morgan fingerprint density at radius 3 is 2.55 bits per heavy atom. The van der Waals surface area contributed by atoms with Crippen LogP contribution in [0.25, 0.3) is 11.1 Å². The summed E-state index contributed by atoms with van der Waals surface area (Å²) in [6, 6.07) is 23.6. The number of ether oxygens (including phenoxy) is 1. The molecule has 3 nitrogen and oxygen atoms in total. The maximum atomic E-state index is 8.99. The highest BCUT2D eigenvalue weighted by Crippen LogP contribution is 2.30. The molecule has 0 aliphatic rings. The first-order valence-electron chi connectivity index (χ1n) is 6.99. The number of aromatic nitrogens is 1. The Hall–Kier alpha value is -3.12. The smallest absolute Gasteiger partial charge is 0.141 e. The van der Waals surface area contributed by atoms with E-state index in [2.05, 4.69) is 11.1 Å². The van der Waals surface area contributed by atoms with Crippen molar-refractivity contribution in [1.29, 1.82) is 5.26 Å². The molecule has 3 heteroatoms. The van der Waals surface area contributed by atoms with Crippen LogP contribution in [0.5, 0.6) is 5.75 Å². The summed E-state index contributed by atoms with van der Waals surface area (Å²) < 4.78 is 5.95. The molecule has 0 unspecified atom stereocenters. The molecule has 0 aliphatic heterocycles. The maximum absolute atomic E-state index is 8.99. The minimum absolute atomic E-state index is 0.398. The van der Waals surface area contributed by atoms with Gasteiger partial charge in [0.25, 0.3) is 0 Å². The van der Waals surface area contributed by atoms with Crippen molar-refractivity contribution in [3.8, 4) is 22.9 Å². The minimum atomic E-state index is 0.398. The quantitative estimate of drug-likeness (QED) is 0.722. The molecule has 2 aromatic carbocycles. The molecule has 0 saturated carbocycles. The van der Waals surface area contributed by atoms with Crippen molar-refractivity contribution >= 4 is 0 Å². The van der Waals surface area contributed by atoms with Gasteiger partial charge in [-0.1, -0.05) is 48.5 Å². The lowest BCUT2D eigenvalue weighted by atomic mass is 10.1. The average molecular weight is 286 g/mol. The van der Waals surface area contributed by atoms with E-state index >= 15 is 0 Å². The van der Waals surface area contributed by atoms with Crippen molar-refractivity contribution in [2.45, 2.75) is 6.61 Å². The van der Waals surface area contributed by atoms with Crippen LogP contribution in [0, 0.1) is 11.3 Å². The first kappa shape index (κ1) is 13.8. The Bertz CT molecular complexity index is 807. The fourth-order valence-corrected chi connectivity index (χ4v) is 2.23. The Morgan fingerprint density at radius 2 is 1.73 bits per heavy atom. The van der Waals surface area contributed by atoms with E-state index in [1.54, 1.807) is 12.3 Å². The highest BCUT2D eigenvalue weighted by Gasteiger charge is 2.07. The molecule has 0 fully saturated rings. The molecule has 0 atom stereocenters. The second-order valence-corrected chi connectivity index (χ2v) is 4.81. The monoisotopic (exact) mass is 286 g/mol. The van der Waals surface area contributed by atoms with E-state index in [0.29, 0.717) is 12.3 Å². The molecular weight excluding hydrogens is 272 g/mol. The van der Waals surface area contributed by atoms with Gasteiger partial charge in [-0.3, -0.25) is 0 Å². The van der Waals surface area contributed by atoms with Gasteiger partial charge in [-0.05, 0) is 29.3 Å². The van der Waals surface area contributed by atoms with E-state index in [1.807, 2.05) is 60.7 Å². The number of rotatable bonds is 4. The van der Waals surface area contributed by atoms with E-state index in [4.69, 9.17) is 10.00 Å². The van der Waals surface area contributed by atoms with Crippen LogP contribution in [-0.2, 0) is 6.61 Å². The van der Waals surface area contributed by atoms with Gasteiger partial charge in [0.05, 0.1) is 0 Å². The van der Waals surface area contributed by atoms with Crippen LogP contribution in [0.4, 0.5) is 0 Å². The average Bonchev–Trinajstić information content (AvgIpc) is 2.61. The largest absolute Gasteiger partial charge is 0.488 e. The van der Waals surface area contributed by atoms with E-state index in [1.165, 1.54) is 0 Å². The fraction of sp³-hybridized carbons (Fsp3) is 0.0526. The van der Waals surface area contributed by atoms with Gasteiger partial charge in [-0.2, -0.15) is 5.26 Å². The highest BCUT2D eigenvalue weighted by molar-refractivity contribution is 5.70. The van der Waals surface area contributed by atoms with Gasteiger partial charge >= 0.3 is 0 Å². The standard InChI is InChI=1S/C19H14N2O/c20-13-17-12-16(10-11-21-17)18-8-4-5-9-19(18)22-14-15-6-2-1-3-7-15/h1-12H,14H2. The lowest BCUT2D eigenvalue weighted by Gasteiger charge is -2.11. The zero-order valence-electron chi connectivity index (χ0n) is 11.9. The highest BCUT2D eigenvalue weighted by atomic mass is 16.5. The molecule has 0 aliphatic carbocycles. The Kier molecular flexibility index (Phi) is 4.12. The van der Waals surface area contributed by atoms with Gasteiger partial charge in [0.2, 0.25) is 0 Å². The third kappa shape index (κ3) is 3.13. The van der Waals surface area contributed by atoms with Gasteiger partial charge in [-0.25, -0.2) is 4.98 Å². The lowest BCUT2D eigenvalue weighted by Crippen LogP contribution is -1.97. The van der Waals surface area contributed by atoms with Crippen LogP contribution in [0.15, 0.2) is 72.9 Å². The van der Waals surface area contributed by atoms with E-state index in [0.717, 1.165) is 22.4 Å². The number of pyridine rings is 1. The first-order chi connectivity index (χ1) is 10.9. The van der Waals surface area contributed by atoms with Gasteiger partial charge in [0, 0.05) is 11.8 Å². The summed E-state index contributed by atoms with van der Waals surface area (Å²) in [6.07, 6.45) is 1.64. The molecule has 0 saturated heterocycles. The molecule has 1 aromatic heterocycles. The summed E-state index contributed by atoms with van der Waals surface area (Å²) in [4.78, 5) is 4.00. The van der Waals surface area contributed by atoms with Crippen LogP contribution in [0.3, 0.4) is 0 Å². The van der Waals surface area contributed by atoms with Gasteiger partial charge < -0.3 is 4.74 Å². The number of nitrogens with zero attached hydrogens (tertiary/aromatic N) is 2. The van der Waals surface area contributed by atoms with Crippen LogP contribution in [-0.4, -0.2) is 4.98 Å². The predicted molar refractivity (Wildman–Crippen MR) is 85.2 cm³/mol. The van der Waals surface area contributed by atoms with Gasteiger partial charge in [0.1, 0.15) is 24.1 Å². The summed E-state index contributed by atoms with van der Waals surface area (Å²) in [5.74, 6) is 0.793. The van der Waals surface area contributed by atoms with Crippen LogP contribution >= 0.6 is 0 Å². The SMILES string of the molecule is N#Cc1cc(-c2ccccc2OCc2ccccc2)ccn1. The first-order valence-corrected chi connectivity index (χ1v) is 6.99. The van der Waals surface area contributed by atoms with Crippen LogP contribution < -0.4 is 4.74 Å². The number of para-hydroxylation sites is 1. The number of hydrogen-bond acceptors (Lipinski definition) is 3. The molecule has 3 aromatic rings. The van der Waals surface area contributed by atoms with Crippen molar-refractivity contribution in [2.75, 3.05) is 0 Å². The van der Waals surface area contributed by atoms with E-state index in [9.17, 15) is 0 Å². The zero-order valence-corrected chi connectivity index (χ0v) is 11.9. The van der Waals surface area contributed by atoms with Crippen molar-refractivity contribution in [3.63, 3.8) is 0 Å². The second-order valence-electron chi connectivity index (χ2n) is 4.81. The Labute approximate surface area is 129 Å². The van der Waals surface area contributed by atoms with Crippen molar-refractivity contribution < 1.29 is 4.74 Å². The molecule has 0 spiro atoms. The Balaban J connectivity index is 1.88. The normalized spacial score (nSPS) is 9.95. The zero-order chi connectivity index (χ0) is 15.2. The van der Waals surface area contributed by atoms with Crippen molar-refractivity contribution in [2.24, 2.45) is 0 Å². The summed E-state index contributed by atoms with van der Waals surface area (Å²) in [6.45, 7) is 0.508. The van der Waals surface area contributed by atoms with E-state index < -0.39 is 0 Å². The third-order valence-electron chi connectivity index (χ3n) is 3.31.